The number of carbonyl (C=O) groups is 2. The minimum absolute atomic E-state index is 0.123. The van der Waals surface area contributed by atoms with Crippen molar-refractivity contribution in [3.63, 3.8) is 0 Å². The number of ether oxygens (including phenoxy) is 6. The van der Waals surface area contributed by atoms with E-state index in [4.69, 9.17) is 40.6 Å². The summed E-state index contributed by atoms with van der Waals surface area (Å²) in [5, 5.41) is 2.79. The van der Waals surface area contributed by atoms with E-state index in [0.29, 0.717) is 65.9 Å². The van der Waals surface area contributed by atoms with Crippen LogP contribution in [0.25, 0.3) is 0 Å². The molecule has 0 aliphatic carbocycles. The molecule has 0 bridgehead atoms. The Morgan fingerprint density at radius 1 is 0.950 bits per heavy atom. The van der Waals surface area contributed by atoms with Gasteiger partial charge in [-0.1, -0.05) is 29.9 Å². The van der Waals surface area contributed by atoms with Crippen molar-refractivity contribution in [3.8, 4) is 24.2 Å². The topological polar surface area (TPSA) is 128 Å². The SMILES string of the molecule is C#CCOCCOCCOCCOCC#Cc1ccc(CO[C@H](C)[C@H](CCC(N)=O)NC(=O)OC(C)(C)C)cc1. The molecule has 222 valence electrons. The summed E-state index contributed by atoms with van der Waals surface area (Å²) in [6, 6.07) is 7.22. The summed E-state index contributed by atoms with van der Waals surface area (Å²) in [7, 11) is 0. The molecule has 2 amide bonds. The van der Waals surface area contributed by atoms with Crippen LogP contribution >= 0.6 is 0 Å². The van der Waals surface area contributed by atoms with Crippen molar-refractivity contribution in [2.45, 2.75) is 64.9 Å². The minimum atomic E-state index is -0.636. The first-order valence-corrected chi connectivity index (χ1v) is 13.3. The van der Waals surface area contributed by atoms with Gasteiger partial charge in [0.05, 0.1) is 58.4 Å². The third kappa shape index (κ3) is 19.0. The van der Waals surface area contributed by atoms with Gasteiger partial charge in [0.15, 0.2) is 0 Å². The third-order valence-corrected chi connectivity index (χ3v) is 5.15. The van der Waals surface area contributed by atoms with Crippen LogP contribution in [0.5, 0.6) is 0 Å². The summed E-state index contributed by atoms with van der Waals surface area (Å²) in [6.07, 6.45) is 4.60. The second kappa shape index (κ2) is 20.7. The highest BCUT2D eigenvalue weighted by atomic mass is 16.6. The molecule has 2 atom stereocenters. The number of terminal acetylenes is 1. The van der Waals surface area contributed by atoms with E-state index >= 15 is 0 Å². The number of benzene rings is 1. The maximum absolute atomic E-state index is 12.2. The van der Waals surface area contributed by atoms with Gasteiger partial charge in [0, 0.05) is 12.0 Å². The van der Waals surface area contributed by atoms with Crippen molar-refractivity contribution in [1.29, 1.82) is 0 Å². The Kier molecular flexibility index (Phi) is 18.1. The van der Waals surface area contributed by atoms with Gasteiger partial charge in [0.25, 0.3) is 0 Å². The highest BCUT2D eigenvalue weighted by Crippen LogP contribution is 2.13. The summed E-state index contributed by atoms with van der Waals surface area (Å²) in [5.41, 5.74) is 6.45. The highest BCUT2D eigenvalue weighted by Gasteiger charge is 2.24. The van der Waals surface area contributed by atoms with Gasteiger partial charge in [-0.15, -0.1) is 6.42 Å². The van der Waals surface area contributed by atoms with Crippen LogP contribution in [0, 0.1) is 24.2 Å². The van der Waals surface area contributed by atoms with Crippen LogP contribution in [-0.4, -0.2) is 82.6 Å². The molecule has 0 aromatic heterocycles. The number of carbonyl (C=O) groups excluding carboxylic acids is 2. The maximum atomic E-state index is 12.2. The molecule has 0 saturated carbocycles. The second-order valence-electron chi connectivity index (χ2n) is 9.81. The molecule has 0 spiro atoms. The van der Waals surface area contributed by atoms with Gasteiger partial charge >= 0.3 is 6.09 Å². The van der Waals surface area contributed by atoms with E-state index in [1.165, 1.54) is 0 Å². The summed E-state index contributed by atoms with van der Waals surface area (Å²) >= 11 is 0. The van der Waals surface area contributed by atoms with E-state index in [0.717, 1.165) is 11.1 Å². The number of amides is 2. The summed E-state index contributed by atoms with van der Waals surface area (Å²) in [6.45, 7) is 10.9. The van der Waals surface area contributed by atoms with Crippen LogP contribution in [0.15, 0.2) is 24.3 Å². The Hall–Kier alpha value is -3.12. The lowest BCUT2D eigenvalue weighted by atomic mass is 10.1. The van der Waals surface area contributed by atoms with Gasteiger partial charge in [-0.25, -0.2) is 4.79 Å². The molecule has 0 unspecified atom stereocenters. The van der Waals surface area contributed by atoms with E-state index in [1.54, 1.807) is 20.8 Å². The van der Waals surface area contributed by atoms with Crippen molar-refractivity contribution in [2.24, 2.45) is 5.73 Å². The van der Waals surface area contributed by atoms with Gasteiger partial charge in [0.2, 0.25) is 5.91 Å². The van der Waals surface area contributed by atoms with Crippen LogP contribution in [0.4, 0.5) is 4.79 Å². The Bertz CT molecular complexity index is 957. The zero-order valence-electron chi connectivity index (χ0n) is 24.2. The molecule has 10 heteroatoms. The molecule has 1 rings (SSSR count). The maximum Gasteiger partial charge on any atom is 0.407 e. The Morgan fingerprint density at radius 3 is 2.08 bits per heavy atom. The van der Waals surface area contributed by atoms with E-state index in [-0.39, 0.29) is 12.5 Å². The molecule has 40 heavy (non-hydrogen) atoms. The first-order chi connectivity index (χ1) is 19.1. The third-order valence-electron chi connectivity index (χ3n) is 5.15. The molecule has 0 saturated heterocycles. The van der Waals surface area contributed by atoms with Crippen LogP contribution in [0.1, 0.15) is 51.7 Å². The van der Waals surface area contributed by atoms with Gasteiger partial charge in [-0.3, -0.25) is 4.79 Å². The van der Waals surface area contributed by atoms with Crippen LogP contribution in [-0.2, 0) is 39.8 Å². The number of alkyl carbamates (subject to hydrolysis) is 1. The number of nitrogens with two attached hydrogens (primary N) is 1. The molecule has 0 heterocycles. The fourth-order valence-electron chi connectivity index (χ4n) is 3.16. The van der Waals surface area contributed by atoms with Crippen LogP contribution in [0.2, 0.25) is 0 Å². The van der Waals surface area contributed by atoms with E-state index in [9.17, 15) is 9.59 Å². The molecule has 3 N–H and O–H groups in total. The standard InChI is InChI=1S/C30H44N2O8/c1-6-15-35-17-19-37-21-22-38-20-18-36-16-7-8-25-9-11-26(12-10-25)23-39-24(2)27(13-14-28(31)33)32-29(34)40-30(3,4)5/h1,9-12,24,27H,13-23H2,2-5H3,(H2,31,33)(H,32,34)/t24-,27+/m1/s1. The molecular weight excluding hydrogens is 516 g/mol. The van der Waals surface area contributed by atoms with Gasteiger partial charge in [-0.05, 0) is 51.8 Å². The summed E-state index contributed by atoms with van der Waals surface area (Å²) in [5.74, 6) is 7.98. The van der Waals surface area contributed by atoms with E-state index in [1.807, 2.05) is 31.2 Å². The first-order valence-electron chi connectivity index (χ1n) is 13.3. The summed E-state index contributed by atoms with van der Waals surface area (Å²) < 4.78 is 32.6. The van der Waals surface area contributed by atoms with Crippen molar-refractivity contribution < 1.29 is 38.0 Å². The largest absolute Gasteiger partial charge is 0.444 e. The molecule has 0 aliphatic heterocycles. The fourth-order valence-corrected chi connectivity index (χ4v) is 3.16. The molecule has 1 aromatic rings. The smallest absolute Gasteiger partial charge is 0.407 e. The number of nitrogens with one attached hydrogen (secondary N) is 1. The molecule has 0 aliphatic rings. The Balaban J connectivity index is 2.32. The zero-order chi connectivity index (χ0) is 29.6. The minimum Gasteiger partial charge on any atom is -0.444 e. The van der Waals surface area contributed by atoms with Gasteiger partial charge in [0.1, 0.15) is 18.8 Å². The number of rotatable bonds is 19. The molecule has 0 fully saturated rings. The first kappa shape index (κ1) is 34.9. The Labute approximate surface area is 238 Å². The monoisotopic (exact) mass is 560 g/mol. The normalized spacial score (nSPS) is 12.5. The van der Waals surface area contributed by atoms with Crippen molar-refractivity contribution in [1.82, 2.24) is 5.32 Å². The molecule has 0 radical (unpaired) electrons. The number of primary amides is 1. The Morgan fingerprint density at radius 2 is 1.52 bits per heavy atom. The predicted molar refractivity (Wildman–Crippen MR) is 151 cm³/mol. The number of hydrogen-bond donors (Lipinski definition) is 2. The lowest BCUT2D eigenvalue weighted by Crippen LogP contribution is -2.45. The van der Waals surface area contributed by atoms with Gasteiger partial charge in [-0.2, -0.15) is 0 Å². The highest BCUT2D eigenvalue weighted by molar-refractivity contribution is 5.74. The number of hydrogen-bond acceptors (Lipinski definition) is 8. The average molecular weight is 561 g/mol. The average Bonchev–Trinajstić information content (AvgIpc) is 2.89. The lowest BCUT2D eigenvalue weighted by molar-refractivity contribution is -0.118. The van der Waals surface area contributed by atoms with Crippen molar-refractivity contribution >= 4 is 12.0 Å². The van der Waals surface area contributed by atoms with Crippen molar-refractivity contribution in [3.05, 3.63) is 35.4 Å². The molecule has 1 aromatic carbocycles. The predicted octanol–water partition coefficient (Wildman–Crippen LogP) is 2.80. The summed E-state index contributed by atoms with van der Waals surface area (Å²) in [4.78, 5) is 23.5. The van der Waals surface area contributed by atoms with Gasteiger partial charge < -0.3 is 39.5 Å². The molecular formula is C30H44N2O8. The molecule has 10 nitrogen and oxygen atoms in total. The van der Waals surface area contributed by atoms with Crippen LogP contribution in [0.3, 0.4) is 0 Å². The van der Waals surface area contributed by atoms with Crippen LogP contribution < -0.4 is 11.1 Å². The lowest BCUT2D eigenvalue weighted by Gasteiger charge is -2.27. The second-order valence-corrected chi connectivity index (χ2v) is 9.81. The van der Waals surface area contributed by atoms with E-state index < -0.39 is 23.6 Å². The van der Waals surface area contributed by atoms with Crippen molar-refractivity contribution in [2.75, 3.05) is 52.9 Å². The van der Waals surface area contributed by atoms with E-state index in [2.05, 4.69) is 23.1 Å². The quantitative estimate of drug-likeness (QED) is 0.195. The fraction of sp³-hybridized carbons (Fsp3) is 0.600. The zero-order valence-corrected chi connectivity index (χ0v) is 24.2.